The van der Waals surface area contributed by atoms with Gasteiger partial charge < -0.3 is 30.3 Å². The van der Waals surface area contributed by atoms with Gasteiger partial charge in [0.15, 0.2) is 0 Å². The van der Waals surface area contributed by atoms with Gasteiger partial charge in [-0.3, -0.25) is 19.3 Å². The van der Waals surface area contributed by atoms with E-state index in [4.69, 9.17) is 9.47 Å². The van der Waals surface area contributed by atoms with Crippen LogP contribution in [-0.4, -0.2) is 82.1 Å². The molecule has 0 aromatic heterocycles. The molecule has 5 amide bonds. The molecule has 3 aliphatic heterocycles. The van der Waals surface area contributed by atoms with Crippen LogP contribution in [0.2, 0.25) is 0 Å². The molecule has 3 N–H and O–H groups in total. The van der Waals surface area contributed by atoms with Crippen molar-refractivity contribution in [2.75, 3.05) is 13.1 Å². The second-order valence-corrected chi connectivity index (χ2v) is 15.2. The Kier molecular flexibility index (Phi) is 9.90. The van der Waals surface area contributed by atoms with Crippen molar-refractivity contribution in [2.24, 2.45) is 11.8 Å². The van der Waals surface area contributed by atoms with Crippen molar-refractivity contribution in [3.8, 4) is 0 Å². The minimum Gasteiger partial charge on any atom is -0.444 e. The van der Waals surface area contributed by atoms with Gasteiger partial charge >= 0.3 is 12.2 Å². The number of carbonyl (C=O) groups excluding carboxylic acids is 5. The highest BCUT2D eigenvalue weighted by molar-refractivity contribution is 5.98. The van der Waals surface area contributed by atoms with Crippen molar-refractivity contribution in [2.45, 2.75) is 121 Å². The van der Waals surface area contributed by atoms with Crippen LogP contribution >= 0.6 is 0 Å². The molecule has 5 atom stereocenters. The summed E-state index contributed by atoms with van der Waals surface area (Å²) in [7, 11) is 0. The number of amides is 5. The molecule has 266 valence electrons. The number of alkyl carbamates (subject to hydrolysis) is 1. The SMILES string of the molecule is CC(C)(C)OC(=O)N[C@H]1CCCCC/C=C\[C@H]2C[C@@]2(C(=O)NCC2CC2)NC(=O)[C@@H]2C[C@@H](OC(=O)N3Cc4cccc(F)c4C3)CN2C1=O. The summed E-state index contributed by atoms with van der Waals surface area (Å²) in [4.78, 5) is 70.9. The fourth-order valence-electron chi connectivity index (χ4n) is 7.06. The Morgan fingerprint density at radius 3 is 2.61 bits per heavy atom. The van der Waals surface area contributed by atoms with Gasteiger partial charge in [0.1, 0.15) is 35.1 Å². The number of nitrogens with one attached hydrogen (secondary N) is 3. The number of nitrogens with zero attached hydrogens (tertiary/aromatic N) is 2. The lowest BCUT2D eigenvalue weighted by Crippen LogP contribution is -2.58. The first-order chi connectivity index (χ1) is 23.3. The van der Waals surface area contributed by atoms with Crippen LogP contribution in [-0.2, 0) is 36.9 Å². The average molecular weight is 682 g/mol. The molecule has 13 heteroatoms. The predicted octanol–water partition coefficient (Wildman–Crippen LogP) is 4.06. The number of benzene rings is 1. The van der Waals surface area contributed by atoms with Crippen LogP contribution in [0.4, 0.5) is 14.0 Å². The maximum atomic E-state index is 14.4. The highest BCUT2D eigenvalue weighted by Crippen LogP contribution is 2.46. The number of hydrogen-bond donors (Lipinski definition) is 3. The van der Waals surface area contributed by atoms with E-state index in [-0.39, 0.29) is 37.9 Å². The third-order valence-electron chi connectivity index (χ3n) is 10.0. The molecule has 1 aromatic rings. The van der Waals surface area contributed by atoms with Crippen LogP contribution < -0.4 is 16.0 Å². The maximum Gasteiger partial charge on any atom is 0.410 e. The Bertz CT molecular complexity index is 1510. The Labute approximate surface area is 286 Å². The normalized spacial score (nSPS) is 29.3. The Morgan fingerprint density at radius 2 is 1.88 bits per heavy atom. The van der Waals surface area contributed by atoms with Gasteiger partial charge in [0.25, 0.3) is 0 Å². The van der Waals surface area contributed by atoms with Gasteiger partial charge in [0, 0.05) is 31.0 Å². The molecule has 1 saturated heterocycles. The number of allylic oxidation sites excluding steroid dienone is 1. The van der Waals surface area contributed by atoms with Crippen molar-refractivity contribution < 1.29 is 37.8 Å². The molecular weight excluding hydrogens is 633 g/mol. The fraction of sp³-hybridized carbons (Fsp3) is 0.639. The summed E-state index contributed by atoms with van der Waals surface area (Å²) in [5.74, 6) is -1.37. The van der Waals surface area contributed by atoms with Crippen LogP contribution in [0.1, 0.15) is 89.7 Å². The number of rotatable bonds is 5. The lowest BCUT2D eigenvalue weighted by Gasteiger charge is -2.30. The molecule has 3 fully saturated rings. The van der Waals surface area contributed by atoms with Gasteiger partial charge in [0.2, 0.25) is 17.7 Å². The van der Waals surface area contributed by atoms with E-state index in [0.29, 0.717) is 42.9 Å². The second kappa shape index (κ2) is 14.0. The van der Waals surface area contributed by atoms with Crippen LogP contribution in [0.25, 0.3) is 0 Å². The lowest BCUT2D eigenvalue weighted by molar-refractivity contribution is -0.141. The second-order valence-electron chi connectivity index (χ2n) is 15.2. The molecular formula is C36H48FN5O7. The lowest BCUT2D eigenvalue weighted by atomic mass is 10.0. The number of hydrogen-bond acceptors (Lipinski definition) is 7. The first-order valence-electron chi connectivity index (χ1n) is 17.6. The topological polar surface area (TPSA) is 146 Å². The highest BCUT2D eigenvalue weighted by atomic mass is 19.1. The predicted molar refractivity (Wildman–Crippen MR) is 176 cm³/mol. The molecule has 0 spiro atoms. The minimum atomic E-state index is -1.13. The van der Waals surface area contributed by atoms with Crippen LogP contribution in [0, 0.1) is 17.7 Å². The Hall–Kier alpha value is -4.16. The van der Waals surface area contributed by atoms with E-state index in [2.05, 4.69) is 16.0 Å². The third-order valence-corrected chi connectivity index (χ3v) is 10.0. The number of carbonyl (C=O) groups is 5. The smallest absolute Gasteiger partial charge is 0.410 e. The summed E-state index contributed by atoms with van der Waals surface area (Å²) in [5.41, 5.74) is -0.796. The summed E-state index contributed by atoms with van der Waals surface area (Å²) in [6.45, 7) is 5.89. The molecule has 3 heterocycles. The molecule has 12 nitrogen and oxygen atoms in total. The maximum absolute atomic E-state index is 14.4. The standard InChI is InChI=1S/C36H48FN5O7/c1-35(2,3)49-33(46)39-28-13-8-6-4-5-7-11-24-17-36(24,32(45)38-18-22-14-15-22)40-30(43)29-16-25(20-42(29)31(28)44)48-34(47)41-19-23-10-9-12-27(37)26(23)21-41/h7,9-12,22,24-25,28-29H,4-6,8,13-21H2,1-3H3,(H,38,45)(H,39,46)(H,40,43)/b11-7-/t24-,25+,28-,29-,36+/m0/s1. The van der Waals surface area contributed by atoms with Gasteiger partial charge in [-0.15, -0.1) is 0 Å². The van der Waals surface area contributed by atoms with Crippen molar-refractivity contribution in [1.29, 1.82) is 0 Å². The van der Waals surface area contributed by atoms with Gasteiger partial charge in [-0.1, -0.05) is 37.1 Å². The Morgan fingerprint density at radius 1 is 1.08 bits per heavy atom. The monoisotopic (exact) mass is 681 g/mol. The molecule has 2 saturated carbocycles. The van der Waals surface area contributed by atoms with Gasteiger partial charge in [-0.2, -0.15) is 0 Å². The molecule has 0 unspecified atom stereocenters. The molecule has 2 aliphatic carbocycles. The van der Waals surface area contributed by atoms with Crippen LogP contribution in [0.5, 0.6) is 0 Å². The van der Waals surface area contributed by atoms with Crippen molar-refractivity contribution in [3.63, 3.8) is 0 Å². The summed E-state index contributed by atoms with van der Waals surface area (Å²) < 4.78 is 25.7. The molecule has 1 aromatic carbocycles. The third kappa shape index (κ3) is 8.18. The Balaban J connectivity index is 1.23. The van der Waals surface area contributed by atoms with Gasteiger partial charge in [-0.25, -0.2) is 14.0 Å². The van der Waals surface area contributed by atoms with E-state index in [1.54, 1.807) is 32.9 Å². The number of halogens is 1. The largest absolute Gasteiger partial charge is 0.444 e. The minimum absolute atomic E-state index is 0.00208. The number of fused-ring (bicyclic) bond motifs is 3. The summed E-state index contributed by atoms with van der Waals surface area (Å²) in [6.07, 6.45) is 7.78. The van der Waals surface area contributed by atoms with E-state index in [1.807, 2.05) is 12.2 Å². The van der Waals surface area contributed by atoms with Crippen molar-refractivity contribution in [1.82, 2.24) is 25.8 Å². The van der Waals surface area contributed by atoms with E-state index in [1.165, 1.54) is 15.9 Å². The fourth-order valence-corrected chi connectivity index (χ4v) is 7.06. The first-order valence-corrected chi connectivity index (χ1v) is 17.6. The zero-order chi connectivity index (χ0) is 34.9. The molecule has 0 radical (unpaired) electrons. The number of ether oxygens (including phenoxy) is 2. The van der Waals surface area contributed by atoms with Crippen molar-refractivity contribution in [3.05, 3.63) is 47.3 Å². The van der Waals surface area contributed by atoms with Crippen LogP contribution in [0.15, 0.2) is 30.4 Å². The van der Waals surface area contributed by atoms with E-state index in [9.17, 15) is 28.4 Å². The van der Waals surface area contributed by atoms with Crippen molar-refractivity contribution >= 4 is 29.9 Å². The molecule has 5 aliphatic rings. The van der Waals surface area contributed by atoms with Gasteiger partial charge in [-0.05, 0) is 76.8 Å². The highest BCUT2D eigenvalue weighted by Gasteiger charge is 2.61. The summed E-state index contributed by atoms with van der Waals surface area (Å²) >= 11 is 0. The van der Waals surface area contributed by atoms with E-state index < -0.39 is 59.1 Å². The van der Waals surface area contributed by atoms with E-state index >= 15 is 0 Å². The summed E-state index contributed by atoms with van der Waals surface area (Å²) in [5, 5.41) is 8.75. The molecule has 0 bridgehead atoms. The molecule has 49 heavy (non-hydrogen) atoms. The summed E-state index contributed by atoms with van der Waals surface area (Å²) in [6, 6.07) is 2.65. The zero-order valence-corrected chi connectivity index (χ0v) is 28.6. The van der Waals surface area contributed by atoms with E-state index in [0.717, 1.165) is 32.1 Å². The average Bonchev–Trinajstić information content (AvgIpc) is 3.89. The zero-order valence-electron chi connectivity index (χ0n) is 28.6. The van der Waals surface area contributed by atoms with Crippen LogP contribution in [0.3, 0.4) is 0 Å². The molecule has 6 rings (SSSR count). The quantitative estimate of drug-likeness (QED) is 0.398. The van der Waals surface area contributed by atoms with Gasteiger partial charge in [0.05, 0.1) is 13.1 Å². The first kappa shape index (κ1) is 34.7.